The van der Waals surface area contributed by atoms with Crippen molar-refractivity contribution in [3.63, 3.8) is 0 Å². The fourth-order valence-electron chi connectivity index (χ4n) is 11.2. The molecule has 3 saturated heterocycles. The Morgan fingerprint density at radius 2 is 1.75 bits per heavy atom. The topological polar surface area (TPSA) is 158 Å². The molecule has 79 heavy (non-hydrogen) atoms. The summed E-state index contributed by atoms with van der Waals surface area (Å²) in [5.74, 6) is 1.87. The summed E-state index contributed by atoms with van der Waals surface area (Å²) in [5.41, 5.74) is 3.31. The maximum absolute atomic E-state index is 15.1. The molecular formula is C59H75F5N8O7. The lowest BCUT2D eigenvalue weighted by Crippen LogP contribution is -2.62. The molecule has 0 unspecified atom stereocenters. The van der Waals surface area contributed by atoms with Crippen molar-refractivity contribution in [2.45, 2.75) is 143 Å². The second-order valence-corrected chi connectivity index (χ2v) is 22.8. The normalized spacial score (nSPS) is 21.5. The number of likely N-dealkylation sites (tertiary alicyclic amines) is 2. The molecule has 15 nitrogen and oxygen atoms in total. The number of carbonyl (C=O) groups excluding carboxylic acids is 5. The van der Waals surface area contributed by atoms with Crippen LogP contribution in [0, 0.1) is 29.1 Å². The second kappa shape index (κ2) is 24.5. The Kier molecular flexibility index (Phi) is 18.7. The molecule has 0 radical (unpaired) electrons. The number of likely N-dealkylation sites (N-methyl/N-ethyl adjacent to an activating group) is 1. The van der Waals surface area contributed by atoms with Gasteiger partial charge in [0.2, 0.25) is 11.8 Å². The van der Waals surface area contributed by atoms with Crippen LogP contribution >= 0.6 is 0 Å². The molecule has 5 heterocycles. The number of aliphatic imine (C=N–C) groups is 1. The van der Waals surface area contributed by atoms with E-state index in [1.165, 1.54) is 59.5 Å². The van der Waals surface area contributed by atoms with E-state index in [9.17, 15) is 37.1 Å². The lowest BCUT2D eigenvalue weighted by Gasteiger charge is -2.41. The first-order valence-corrected chi connectivity index (χ1v) is 27.1. The smallest absolute Gasteiger partial charge is 0.406 e. The fraction of sp³-hybridized carbons (Fsp3) is 0.559. The number of allylic oxidation sites excluding steroid dienone is 2. The molecule has 0 aliphatic carbocycles. The van der Waals surface area contributed by atoms with Crippen LogP contribution in [0.5, 0.6) is 0 Å². The number of ether oxygens (including phenoxy) is 2. The van der Waals surface area contributed by atoms with E-state index >= 15 is 8.78 Å². The van der Waals surface area contributed by atoms with E-state index in [2.05, 4.69) is 39.1 Å². The van der Waals surface area contributed by atoms with Gasteiger partial charge in [0, 0.05) is 87.0 Å². The van der Waals surface area contributed by atoms with E-state index < -0.39 is 95.4 Å². The van der Waals surface area contributed by atoms with E-state index in [1.807, 2.05) is 13.8 Å². The van der Waals surface area contributed by atoms with Gasteiger partial charge in [0.15, 0.2) is 0 Å². The number of aromatic nitrogens is 1. The molecule has 2 N–H and O–H groups in total. The minimum absolute atomic E-state index is 0.0540. The summed E-state index contributed by atoms with van der Waals surface area (Å²) in [4.78, 5) is 80.8. The van der Waals surface area contributed by atoms with E-state index in [-0.39, 0.29) is 72.8 Å². The van der Waals surface area contributed by atoms with E-state index in [0.29, 0.717) is 41.6 Å². The quantitative estimate of drug-likeness (QED) is 0.0565. The largest absolute Gasteiger partial charge is 0.464 e. The van der Waals surface area contributed by atoms with Gasteiger partial charge in [-0.1, -0.05) is 64.5 Å². The van der Waals surface area contributed by atoms with Gasteiger partial charge in [-0.15, -0.1) is 0 Å². The molecule has 4 aliphatic rings. The zero-order valence-electron chi connectivity index (χ0n) is 47.0. The molecule has 5 atom stereocenters. The van der Waals surface area contributed by atoms with Gasteiger partial charge >= 0.3 is 12.1 Å². The molecule has 3 aromatic rings. The monoisotopic (exact) mass is 1100 g/mol. The molecule has 20 heteroatoms. The number of fused-ring (bicyclic) bond motifs is 6. The lowest BCUT2D eigenvalue weighted by atomic mass is 9.84. The number of nitrogens with one attached hydrogen (secondary N) is 2. The number of hydrogen-bond acceptors (Lipinski definition) is 10. The van der Waals surface area contributed by atoms with Crippen LogP contribution < -0.4 is 10.7 Å². The number of benzene rings is 2. The van der Waals surface area contributed by atoms with Crippen molar-refractivity contribution in [3.05, 3.63) is 77.1 Å². The van der Waals surface area contributed by atoms with Crippen molar-refractivity contribution in [2.75, 3.05) is 53.5 Å². The van der Waals surface area contributed by atoms with Crippen molar-refractivity contribution < 1.29 is 55.4 Å². The van der Waals surface area contributed by atoms with Crippen LogP contribution in [0.3, 0.4) is 0 Å². The molecule has 0 spiro atoms. The van der Waals surface area contributed by atoms with Gasteiger partial charge in [-0.05, 0) is 112 Å². The minimum Gasteiger partial charge on any atom is -0.464 e. The van der Waals surface area contributed by atoms with E-state index in [0.717, 1.165) is 24.1 Å². The molecule has 4 amide bonds. The highest BCUT2D eigenvalue weighted by Crippen LogP contribution is 2.42. The van der Waals surface area contributed by atoms with Crippen LogP contribution in [0.25, 0.3) is 27.6 Å². The molecular weight excluding hydrogens is 1030 g/mol. The van der Waals surface area contributed by atoms with Crippen molar-refractivity contribution in [2.24, 2.45) is 22.2 Å². The number of amides is 4. The molecule has 4 aliphatic heterocycles. The SMILES string of the molecule is C=C/C(=C(\N=CC)[C@H](C)OC)c1c2c3cc(ccc3n1CC(F)(F)F)-c1cc(cc(C(F)F)c1)C[C@H](NC(=O)[C@H](C(C)C)N(C)C(=O)[C@H]1CCN(C(=O)C#CC(C)(C)N3CCC3)C1)C(=O)N1CCC[C@H](N1)C(=O)OCC(C)(C)C2. The Hall–Kier alpha value is -6.43. The number of nitrogens with zero attached hydrogens (tertiary/aromatic N) is 6. The molecule has 0 saturated carbocycles. The highest BCUT2D eigenvalue weighted by Gasteiger charge is 2.41. The standard InChI is InChI=1S/C59H75F5N8O7/c1-12-42(49(65-13-2)36(5)78-11)51-44-31-57(6,7)34-79-56(77)45-16-14-24-72(67-45)55(76)46(28-37-26-40(29-41(27-37)52(60)61)38-17-18-47(43(44)30-38)71(51)33-59(62,63)64)66-53(74)50(35(3)4)68(10)54(75)39-20-25-69(32-39)48(73)19-21-58(8,9)70-22-15-23-70/h12-13,17-18,26-27,29-30,35-36,39,45-46,50,52,67H,1,14-16,20,22-25,28,31-34H2,2-11H3,(H,66,74)/b49-42+,65-13?/t36-,39-,45-,46-,50-/m0/s1. The zero-order chi connectivity index (χ0) is 57.9. The number of esters is 1. The maximum atomic E-state index is 15.1. The average Bonchev–Trinajstić information content (AvgIpc) is 3.98. The third-order valence-electron chi connectivity index (χ3n) is 15.5. The van der Waals surface area contributed by atoms with Crippen LogP contribution in [0.15, 0.2) is 59.7 Å². The first kappa shape index (κ1) is 60.2. The summed E-state index contributed by atoms with van der Waals surface area (Å²) in [5, 5.41) is 4.45. The molecule has 7 rings (SSSR count). The first-order chi connectivity index (χ1) is 37.2. The summed E-state index contributed by atoms with van der Waals surface area (Å²) in [6, 6.07) is 5.22. The van der Waals surface area contributed by atoms with Crippen molar-refractivity contribution in [3.8, 4) is 23.0 Å². The maximum Gasteiger partial charge on any atom is 0.406 e. The third-order valence-corrected chi connectivity index (χ3v) is 15.5. The Morgan fingerprint density at radius 1 is 1.03 bits per heavy atom. The van der Waals surface area contributed by atoms with Crippen molar-refractivity contribution >= 4 is 52.3 Å². The predicted octanol–water partition coefficient (Wildman–Crippen LogP) is 8.30. The summed E-state index contributed by atoms with van der Waals surface area (Å²) >= 11 is 0. The molecule has 428 valence electrons. The van der Waals surface area contributed by atoms with Gasteiger partial charge in [-0.2, -0.15) is 13.2 Å². The van der Waals surface area contributed by atoms with Gasteiger partial charge in [0.1, 0.15) is 24.7 Å². The highest BCUT2D eigenvalue weighted by molar-refractivity contribution is 5.97. The van der Waals surface area contributed by atoms with E-state index in [4.69, 9.17) is 9.47 Å². The van der Waals surface area contributed by atoms with Gasteiger partial charge in [0.05, 0.1) is 35.6 Å². The predicted molar refractivity (Wildman–Crippen MR) is 292 cm³/mol. The van der Waals surface area contributed by atoms with E-state index in [1.54, 1.807) is 59.7 Å². The number of alkyl halides is 5. The van der Waals surface area contributed by atoms with Crippen LogP contribution in [0.4, 0.5) is 22.0 Å². The number of halogens is 5. The first-order valence-electron chi connectivity index (χ1n) is 27.1. The third kappa shape index (κ3) is 13.8. The van der Waals surface area contributed by atoms with Gasteiger partial charge in [-0.3, -0.25) is 38.9 Å². The molecule has 6 bridgehead atoms. The van der Waals surface area contributed by atoms with Gasteiger partial charge in [0.25, 0.3) is 18.2 Å². The summed E-state index contributed by atoms with van der Waals surface area (Å²) < 4.78 is 87.6. The second-order valence-electron chi connectivity index (χ2n) is 22.8. The molecule has 1 aromatic heterocycles. The zero-order valence-corrected chi connectivity index (χ0v) is 47.0. The van der Waals surface area contributed by atoms with Crippen molar-refractivity contribution in [1.29, 1.82) is 0 Å². The Balaban J connectivity index is 1.31. The van der Waals surface area contributed by atoms with Crippen LogP contribution in [0.2, 0.25) is 0 Å². The highest BCUT2D eigenvalue weighted by atomic mass is 19.4. The van der Waals surface area contributed by atoms with Gasteiger partial charge < -0.3 is 29.2 Å². The fourth-order valence-corrected chi connectivity index (χ4v) is 11.2. The minimum atomic E-state index is -4.72. The summed E-state index contributed by atoms with van der Waals surface area (Å²) in [6.45, 7) is 19.1. The van der Waals surface area contributed by atoms with Crippen LogP contribution in [0.1, 0.15) is 110 Å². The number of hydrazine groups is 1. The molecule has 2 aromatic carbocycles. The van der Waals surface area contributed by atoms with Crippen LogP contribution in [-0.2, 0) is 52.8 Å². The number of cyclic esters (lactones) is 1. The van der Waals surface area contributed by atoms with Crippen LogP contribution in [-0.4, -0.2) is 150 Å². The number of methoxy groups -OCH3 is 1. The number of hydrogen-bond donors (Lipinski definition) is 2. The average molecular weight is 1100 g/mol. The number of carbonyl (C=O) groups is 5. The summed E-state index contributed by atoms with van der Waals surface area (Å²) in [7, 11) is 2.95. The summed E-state index contributed by atoms with van der Waals surface area (Å²) in [6.07, 6.45) is -3.75. The van der Waals surface area contributed by atoms with Gasteiger partial charge in [-0.25, -0.2) is 14.2 Å². The Labute approximate surface area is 459 Å². The number of rotatable bonds is 13. The lowest BCUT2D eigenvalue weighted by molar-refractivity contribution is -0.155. The van der Waals surface area contributed by atoms with Crippen molar-refractivity contribution in [1.82, 2.24) is 35.0 Å². The Bertz CT molecular complexity index is 2950. The Morgan fingerprint density at radius 3 is 2.37 bits per heavy atom. The molecule has 3 fully saturated rings.